The van der Waals surface area contributed by atoms with Crippen molar-refractivity contribution in [2.24, 2.45) is 0 Å². The molecule has 0 saturated carbocycles. The highest BCUT2D eigenvalue weighted by molar-refractivity contribution is 7.98. The first kappa shape index (κ1) is 18.4. The van der Waals surface area contributed by atoms with E-state index in [0.29, 0.717) is 0 Å². The fourth-order valence-corrected chi connectivity index (χ4v) is 3.40. The number of ether oxygens (including phenoxy) is 2. The zero-order valence-corrected chi connectivity index (χ0v) is 15.9. The molecule has 0 saturated heterocycles. The lowest BCUT2D eigenvalue weighted by Gasteiger charge is -2.30. The van der Waals surface area contributed by atoms with Crippen molar-refractivity contribution in [3.8, 4) is 11.5 Å². The molecule has 0 atom stereocenters. The zero-order chi connectivity index (χ0) is 18.6. The van der Waals surface area contributed by atoms with Crippen molar-refractivity contribution in [2.75, 3.05) is 20.5 Å². The van der Waals surface area contributed by atoms with E-state index in [0.717, 1.165) is 33.1 Å². The van der Waals surface area contributed by atoms with Crippen molar-refractivity contribution in [2.45, 2.75) is 10.5 Å². The molecule has 3 aromatic carbocycles. The first-order valence-corrected chi connectivity index (χ1v) is 9.50. The van der Waals surface area contributed by atoms with Gasteiger partial charge in [-0.25, -0.2) is 0 Å². The van der Waals surface area contributed by atoms with Gasteiger partial charge in [0, 0.05) is 4.90 Å². The Kier molecular flexibility index (Phi) is 5.55. The molecule has 0 heterocycles. The first-order chi connectivity index (χ1) is 12.6. The molecular formula is C22H22O3S. The van der Waals surface area contributed by atoms with Crippen molar-refractivity contribution < 1.29 is 14.6 Å². The van der Waals surface area contributed by atoms with E-state index in [1.807, 2.05) is 79.1 Å². The molecule has 26 heavy (non-hydrogen) atoms. The smallest absolute Gasteiger partial charge is 0.140 e. The van der Waals surface area contributed by atoms with Gasteiger partial charge in [0.25, 0.3) is 0 Å². The van der Waals surface area contributed by atoms with Crippen molar-refractivity contribution >= 4 is 11.8 Å². The van der Waals surface area contributed by atoms with Gasteiger partial charge in [-0.3, -0.25) is 0 Å². The van der Waals surface area contributed by atoms with Crippen LogP contribution < -0.4 is 9.47 Å². The van der Waals surface area contributed by atoms with Crippen molar-refractivity contribution in [3.63, 3.8) is 0 Å². The van der Waals surface area contributed by atoms with Gasteiger partial charge in [-0.05, 0) is 59.3 Å². The van der Waals surface area contributed by atoms with Crippen LogP contribution >= 0.6 is 11.8 Å². The normalized spacial score (nSPS) is 11.2. The van der Waals surface area contributed by atoms with E-state index < -0.39 is 5.60 Å². The largest absolute Gasteiger partial charge is 0.497 e. The lowest BCUT2D eigenvalue weighted by molar-refractivity contribution is 0.125. The number of aliphatic hydroxyl groups is 1. The van der Waals surface area contributed by atoms with Gasteiger partial charge in [-0.15, -0.1) is 11.8 Å². The van der Waals surface area contributed by atoms with Crippen LogP contribution in [0, 0.1) is 0 Å². The summed E-state index contributed by atoms with van der Waals surface area (Å²) in [5.41, 5.74) is 1.10. The third-order valence-corrected chi connectivity index (χ3v) is 5.27. The number of benzene rings is 3. The maximum Gasteiger partial charge on any atom is 0.140 e. The third kappa shape index (κ3) is 3.43. The van der Waals surface area contributed by atoms with E-state index in [2.05, 4.69) is 0 Å². The van der Waals surface area contributed by atoms with Crippen molar-refractivity contribution in [3.05, 3.63) is 89.5 Å². The molecule has 0 aliphatic heterocycles. The summed E-state index contributed by atoms with van der Waals surface area (Å²) in [5, 5.41) is 11.8. The lowest BCUT2D eigenvalue weighted by atomic mass is 9.80. The van der Waals surface area contributed by atoms with Crippen molar-refractivity contribution in [1.82, 2.24) is 0 Å². The second-order valence-electron chi connectivity index (χ2n) is 5.90. The number of hydrogen-bond acceptors (Lipinski definition) is 4. The monoisotopic (exact) mass is 366 g/mol. The Bertz CT molecular complexity index is 724. The summed E-state index contributed by atoms with van der Waals surface area (Å²) in [4.78, 5) is 1.15. The van der Waals surface area contributed by atoms with Crippen LogP contribution in [-0.4, -0.2) is 25.6 Å². The molecule has 0 amide bonds. The fourth-order valence-electron chi connectivity index (χ4n) is 3.00. The van der Waals surface area contributed by atoms with E-state index >= 15 is 0 Å². The Morgan fingerprint density at radius 2 is 1.00 bits per heavy atom. The van der Waals surface area contributed by atoms with Crippen LogP contribution in [0.3, 0.4) is 0 Å². The SMILES string of the molecule is COc1ccc(C(O)(c2ccc(OC)cc2)c2ccc(SC)cc2)cc1. The number of hydrogen-bond donors (Lipinski definition) is 1. The second kappa shape index (κ2) is 7.85. The van der Waals surface area contributed by atoms with Gasteiger partial charge in [0.15, 0.2) is 0 Å². The molecule has 4 heteroatoms. The van der Waals surface area contributed by atoms with Gasteiger partial charge in [0.1, 0.15) is 17.1 Å². The molecule has 0 unspecified atom stereocenters. The summed E-state index contributed by atoms with van der Waals surface area (Å²) in [7, 11) is 3.26. The highest BCUT2D eigenvalue weighted by Gasteiger charge is 2.33. The van der Waals surface area contributed by atoms with E-state index in [9.17, 15) is 5.11 Å². The minimum atomic E-state index is -1.27. The molecule has 0 aliphatic rings. The maximum atomic E-state index is 11.8. The van der Waals surface area contributed by atoms with Gasteiger partial charge in [-0.2, -0.15) is 0 Å². The van der Waals surface area contributed by atoms with Crippen LogP contribution in [0.1, 0.15) is 16.7 Å². The molecule has 0 spiro atoms. The highest BCUT2D eigenvalue weighted by Crippen LogP contribution is 2.38. The number of rotatable bonds is 6. The average molecular weight is 366 g/mol. The van der Waals surface area contributed by atoms with Gasteiger partial charge >= 0.3 is 0 Å². The van der Waals surface area contributed by atoms with Crippen LogP contribution in [0.15, 0.2) is 77.7 Å². The standard InChI is InChI=1S/C22H22O3S/c1-24-19-10-4-16(5-11-19)22(23,17-6-12-20(25-2)13-7-17)18-8-14-21(26-3)15-9-18/h4-15,23H,1-3H3. The van der Waals surface area contributed by atoms with Crippen LogP contribution in [0.5, 0.6) is 11.5 Å². The fraction of sp³-hybridized carbons (Fsp3) is 0.182. The number of methoxy groups -OCH3 is 2. The highest BCUT2D eigenvalue weighted by atomic mass is 32.2. The maximum absolute atomic E-state index is 11.8. The summed E-state index contributed by atoms with van der Waals surface area (Å²) in [6, 6.07) is 23.0. The van der Waals surface area contributed by atoms with Crippen LogP contribution in [0.2, 0.25) is 0 Å². The van der Waals surface area contributed by atoms with E-state index in [4.69, 9.17) is 9.47 Å². The Morgan fingerprint density at radius 1 is 0.654 bits per heavy atom. The summed E-state index contributed by atoms with van der Waals surface area (Å²) in [6.07, 6.45) is 2.04. The Labute approximate surface area is 158 Å². The molecule has 1 N–H and O–H groups in total. The van der Waals surface area contributed by atoms with Gasteiger partial charge in [0.05, 0.1) is 14.2 Å². The molecule has 0 radical (unpaired) electrons. The van der Waals surface area contributed by atoms with Gasteiger partial charge < -0.3 is 14.6 Å². The lowest BCUT2D eigenvalue weighted by Crippen LogP contribution is -2.28. The van der Waals surface area contributed by atoms with E-state index in [1.54, 1.807) is 26.0 Å². The molecule has 0 bridgehead atoms. The summed E-state index contributed by atoms with van der Waals surface area (Å²) >= 11 is 1.67. The van der Waals surface area contributed by atoms with E-state index in [-0.39, 0.29) is 0 Å². The first-order valence-electron chi connectivity index (χ1n) is 8.27. The van der Waals surface area contributed by atoms with Crippen molar-refractivity contribution in [1.29, 1.82) is 0 Å². The molecular weight excluding hydrogens is 344 g/mol. The quantitative estimate of drug-likeness (QED) is 0.506. The van der Waals surface area contributed by atoms with Crippen LogP contribution in [-0.2, 0) is 5.60 Å². The Morgan fingerprint density at radius 3 is 1.31 bits per heavy atom. The summed E-state index contributed by atoms with van der Waals surface area (Å²) < 4.78 is 10.5. The van der Waals surface area contributed by atoms with E-state index in [1.165, 1.54) is 0 Å². The number of thioether (sulfide) groups is 1. The molecule has 3 rings (SSSR count). The molecule has 3 nitrogen and oxygen atoms in total. The minimum Gasteiger partial charge on any atom is -0.497 e. The third-order valence-electron chi connectivity index (χ3n) is 4.52. The van der Waals surface area contributed by atoms with Crippen LogP contribution in [0.4, 0.5) is 0 Å². The summed E-state index contributed by atoms with van der Waals surface area (Å²) in [6.45, 7) is 0. The van der Waals surface area contributed by atoms with Gasteiger partial charge in [-0.1, -0.05) is 36.4 Å². The predicted octanol–water partition coefficient (Wildman–Crippen LogP) is 4.71. The van der Waals surface area contributed by atoms with Crippen LogP contribution in [0.25, 0.3) is 0 Å². The second-order valence-corrected chi connectivity index (χ2v) is 6.78. The average Bonchev–Trinajstić information content (AvgIpc) is 2.73. The molecule has 3 aromatic rings. The summed E-state index contributed by atoms with van der Waals surface area (Å²) in [5.74, 6) is 1.51. The molecule has 0 aromatic heterocycles. The minimum absolute atomic E-state index is 0.753. The zero-order valence-electron chi connectivity index (χ0n) is 15.1. The molecule has 0 fully saturated rings. The Hall–Kier alpha value is -2.43. The molecule has 0 aliphatic carbocycles. The topological polar surface area (TPSA) is 38.7 Å². The predicted molar refractivity (Wildman–Crippen MR) is 106 cm³/mol. The molecule has 134 valence electrons. The Balaban J connectivity index is 2.15. The van der Waals surface area contributed by atoms with Gasteiger partial charge in [0.2, 0.25) is 0 Å².